The molecular formula is C13H8N4OS. The number of thiazole rings is 1. The van der Waals surface area contributed by atoms with Gasteiger partial charge in [0, 0.05) is 17.0 Å². The summed E-state index contributed by atoms with van der Waals surface area (Å²) in [6, 6.07) is 7.76. The van der Waals surface area contributed by atoms with Gasteiger partial charge in [-0.1, -0.05) is 18.2 Å². The van der Waals surface area contributed by atoms with Crippen molar-refractivity contribution in [3.63, 3.8) is 0 Å². The Hall–Kier alpha value is -2.47. The fourth-order valence-corrected chi connectivity index (χ4v) is 2.89. The molecule has 1 N–H and O–H groups in total. The van der Waals surface area contributed by atoms with E-state index in [9.17, 15) is 4.79 Å². The van der Waals surface area contributed by atoms with Crippen molar-refractivity contribution in [3.05, 3.63) is 52.5 Å². The molecule has 0 amide bonds. The first kappa shape index (κ1) is 10.5. The molecule has 3 heterocycles. The fourth-order valence-electron chi connectivity index (χ4n) is 2.24. The van der Waals surface area contributed by atoms with Gasteiger partial charge in [-0.2, -0.15) is 0 Å². The first-order valence-electron chi connectivity index (χ1n) is 5.73. The molecule has 0 unspecified atom stereocenters. The van der Waals surface area contributed by atoms with Gasteiger partial charge < -0.3 is 4.98 Å². The van der Waals surface area contributed by atoms with Gasteiger partial charge in [-0.3, -0.25) is 4.98 Å². The van der Waals surface area contributed by atoms with Crippen LogP contribution in [0.5, 0.6) is 0 Å². The van der Waals surface area contributed by atoms with Crippen LogP contribution in [-0.4, -0.2) is 19.5 Å². The molecule has 19 heavy (non-hydrogen) atoms. The maximum absolute atomic E-state index is 12.1. The Morgan fingerprint density at radius 3 is 2.95 bits per heavy atom. The number of nitrogens with one attached hydrogen (secondary N) is 1. The number of para-hydroxylation sites is 1. The smallest absolute Gasteiger partial charge is 0.304 e. The van der Waals surface area contributed by atoms with Crippen molar-refractivity contribution >= 4 is 33.3 Å². The molecule has 0 spiro atoms. The van der Waals surface area contributed by atoms with E-state index in [1.807, 2.05) is 29.6 Å². The summed E-state index contributed by atoms with van der Waals surface area (Å²) in [5.74, 6) is 0. The topological polar surface area (TPSA) is 63.6 Å². The lowest BCUT2D eigenvalue weighted by atomic mass is 10.2. The number of benzene rings is 1. The zero-order valence-electron chi connectivity index (χ0n) is 9.70. The number of H-pyrrole nitrogens is 1. The molecule has 4 rings (SSSR count). The summed E-state index contributed by atoms with van der Waals surface area (Å²) in [4.78, 5) is 23.5. The van der Waals surface area contributed by atoms with Crippen LogP contribution in [-0.2, 0) is 0 Å². The summed E-state index contributed by atoms with van der Waals surface area (Å²) in [5.41, 5.74) is 2.21. The van der Waals surface area contributed by atoms with Crippen LogP contribution >= 0.6 is 11.3 Å². The molecule has 0 fully saturated rings. The van der Waals surface area contributed by atoms with Gasteiger partial charge in [0.2, 0.25) is 0 Å². The summed E-state index contributed by atoms with van der Waals surface area (Å²) in [6.45, 7) is 0. The van der Waals surface area contributed by atoms with Crippen molar-refractivity contribution in [2.24, 2.45) is 0 Å². The van der Waals surface area contributed by atoms with Gasteiger partial charge in [-0.15, -0.1) is 11.3 Å². The lowest BCUT2D eigenvalue weighted by molar-refractivity contribution is 1.00. The Balaban J connectivity index is 2.27. The number of pyridine rings is 1. The van der Waals surface area contributed by atoms with Crippen LogP contribution in [0, 0.1) is 0 Å². The van der Waals surface area contributed by atoms with Gasteiger partial charge in [0.25, 0.3) is 0 Å². The summed E-state index contributed by atoms with van der Waals surface area (Å²) in [7, 11) is 0. The first-order chi connectivity index (χ1) is 9.34. The maximum atomic E-state index is 12.1. The van der Waals surface area contributed by atoms with E-state index >= 15 is 0 Å². The highest BCUT2D eigenvalue weighted by Crippen LogP contribution is 2.24. The second-order valence-electron chi connectivity index (χ2n) is 4.12. The number of rotatable bonds is 1. The number of aromatic nitrogens is 4. The van der Waals surface area contributed by atoms with Crippen molar-refractivity contribution in [2.75, 3.05) is 0 Å². The van der Waals surface area contributed by atoms with E-state index in [-0.39, 0.29) is 5.69 Å². The molecule has 0 aliphatic heterocycles. The first-order valence-corrected chi connectivity index (χ1v) is 6.61. The highest BCUT2D eigenvalue weighted by Gasteiger charge is 2.13. The largest absolute Gasteiger partial charge is 0.332 e. The quantitative estimate of drug-likeness (QED) is 0.576. The van der Waals surface area contributed by atoms with E-state index in [1.54, 1.807) is 17.0 Å². The second kappa shape index (κ2) is 3.76. The Labute approximate surface area is 111 Å². The molecule has 0 saturated carbocycles. The van der Waals surface area contributed by atoms with Crippen molar-refractivity contribution in [3.8, 4) is 5.13 Å². The zero-order valence-corrected chi connectivity index (χ0v) is 10.5. The molecule has 92 valence electrons. The van der Waals surface area contributed by atoms with Crippen LogP contribution in [0.3, 0.4) is 0 Å². The molecule has 0 radical (unpaired) electrons. The van der Waals surface area contributed by atoms with E-state index in [2.05, 4.69) is 15.0 Å². The fraction of sp³-hybridized carbons (Fsp3) is 0. The van der Waals surface area contributed by atoms with Crippen LogP contribution in [0.4, 0.5) is 0 Å². The van der Waals surface area contributed by atoms with Crippen molar-refractivity contribution in [2.45, 2.75) is 0 Å². The van der Waals surface area contributed by atoms with Crippen LogP contribution in [0.2, 0.25) is 0 Å². The van der Waals surface area contributed by atoms with Crippen LogP contribution < -0.4 is 5.69 Å². The molecule has 1 aromatic carbocycles. The number of fused-ring (bicyclic) bond motifs is 3. The third kappa shape index (κ3) is 1.43. The van der Waals surface area contributed by atoms with Crippen LogP contribution in [0.1, 0.15) is 0 Å². The molecular weight excluding hydrogens is 260 g/mol. The van der Waals surface area contributed by atoms with E-state index in [4.69, 9.17) is 0 Å². The number of imidazole rings is 1. The minimum Gasteiger partial charge on any atom is -0.304 e. The monoisotopic (exact) mass is 268 g/mol. The van der Waals surface area contributed by atoms with Gasteiger partial charge in [0.05, 0.1) is 22.7 Å². The minimum absolute atomic E-state index is 0.192. The van der Waals surface area contributed by atoms with Crippen molar-refractivity contribution < 1.29 is 0 Å². The summed E-state index contributed by atoms with van der Waals surface area (Å²) in [6.07, 6.45) is 3.37. The highest BCUT2D eigenvalue weighted by atomic mass is 32.1. The summed E-state index contributed by atoms with van der Waals surface area (Å²) < 4.78 is 1.60. The standard InChI is InChI=1S/C13H8N4OS/c18-12-16-10-7-15-9-4-2-1-3-8(9)11(10)17(12)13-14-5-6-19-13/h1-7H,(H,16,18). The predicted octanol–water partition coefficient (Wildman–Crippen LogP) is 2.32. The van der Waals surface area contributed by atoms with Gasteiger partial charge >= 0.3 is 5.69 Å². The average molecular weight is 268 g/mol. The lowest BCUT2D eigenvalue weighted by Gasteiger charge is -2.02. The third-order valence-electron chi connectivity index (χ3n) is 3.03. The van der Waals surface area contributed by atoms with Crippen molar-refractivity contribution in [1.82, 2.24) is 19.5 Å². The van der Waals surface area contributed by atoms with Crippen molar-refractivity contribution in [1.29, 1.82) is 0 Å². The van der Waals surface area contributed by atoms with E-state index in [0.717, 1.165) is 21.9 Å². The molecule has 4 aromatic rings. The average Bonchev–Trinajstić information content (AvgIpc) is 3.04. The zero-order chi connectivity index (χ0) is 12.8. The Morgan fingerprint density at radius 2 is 2.11 bits per heavy atom. The van der Waals surface area contributed by atoms with Gasteiger partial charge in [0.1, 0.15) is 0 Å². The molecule has 5 nitrogen and oxygen atoms in total. The number of hydrogen-bond acceptors (Lipinski definition) is 4. The molecule has 0 bridgehead atoms. The SMILES string of the molecule is O=c1[nH]c2cnc3ccccc3c2n1-c1nccs1. The van der Waals surface area contributed by atoms with Gasteiger partial charge in [-0.05, 0) is 6.07 Å². The number of nitrogens with zero attached hydrogens (tertiary/aromatic N) is 3. The Kier molecular flexibility index (Phi) is 2.07. The third-order valence-corrected chi connectivity index (χ3v) is 3.78. The van der Waals surface area contributed by atoms with E-state index in [1.165, 1.54) is 11.3 Å². The van der Waals surface area contributed by atoms with E-state index < -0.39 is 0 Å². The molecule has 0 aliphatic carbocycles. The summed E-state index contributed by atoms with van der Waals surface area (Å²) >= 11 is 1.43. The Bertz CT molecular complexity index is 936. The number of aromatic amines is 1. The van der Waals surface area contributed by atoms with Crippen LogP contribution in [0.15, 0.2) is 46.8 Å². The minimum atomic E-state index is -0.192. The molecule has 6 heteroatoms. The number of hydrogen-bond donors (Lipinski definition) is 1. The summed E-state index contributed by atoms with van der Waals surface area (Å²) in [5, 5.41) is 3.45. The molecule has 0 atom stereocenters. The van der Waals surface area contributed by atoms with Gasteiger partial charge in [-0.25, -0.2) is 14.3 Å². The predicted molar refractivity (Wildman–Crippen MR) is 74.9 cm³/mol. The van der Waals surface area contributed by atoms with Gasteiger partial charge in [0.15, 0.2) is 5.13 Å². The highest BCUT2D eigenvalue weighted by molar-refractivity contribution is 7.12. The maximum Gasteiger partial charge on any atom is 0.332 e. The Morgan fingerprint density at radius 1 is 1.21 bits per heavy atom. The lowest BCUT2D eigenvalue weighted by Crippen LogP contribution is -2.14. The normalized spacial score (nSPS) is 11.4. The molecule has 0 saturated heterocycles. The molecule has 0 aliphatic rings. The van der Waals surface area contributed by atoms with E-state index in [0.29, 0.717) is 5.13 Å². The van der Waals surface area contributed by atoms with Crippen LogP contribution in [0.25, 0.3) is 27.1 Å². The second-order valence-corrected chi connectivity index (χ2v) is 4.99. The molecule has 3 aromatic heterocycles.